The number of nitrogens with zero attached hydrogens (tertiary/aromatic N) is 1. The first-order valence-electron chi connectivity index (χ1n) is 12.3. The minimum atomic E-state index is -4.33. The van der Waals surface area contributed by atoms with Crippen LogP contribution in [0.2, 0.25) is 0 Å². The van der Waals surface area contributed by atoms with Crippen LogP contribution in [0, 0.1) is 34.5 Å². The molecule has 0 radical (unpaired) electrons. The summed E-state index contributed by atoms with van der Waals surface area (Å²) in [6, 6.07) is 5.66. The number of rotatable bonds is 2. The summed E-state index contributed by atoms with van der Waals surface area (Å²) in [5, 5.41) is 11.4. The van der Waals surface area contributed by atoms with Crippen LogP contribution in [0.1, 0.15) is 57.1 Å². The fourth-order valence-corrected chi connectivity index (χ4v) is 8.22. The first-order chi connectivity index (χ1) is 15.4. The lowest BCUT2D eigenvalue weighted by Crippen LogP contribution is -2.59. The molecule has 3 saturated carbocycles. The molecule has 4 aliphatic rings. The maximum atomic E-state index is 12.9. The Labute approximate surface area is 194 Å². The molecule has 0 saturated heterocycles. The minimum absolute atomic E-state index is 0.0383. The number of halogens is 3. The van der Waals surface area contributed by atoms with Crippen LogP contribution in [0.5, 0.6) is 0 Å². The molecule has 1 aromatic rings. The zero-order valence-corrected chi connectivity index (χ0v) is 19.6. The van der Waals surface area contributed by atoms with E-state index in [1.54, 1.807) is 18.2 Å². The molecule has 6 heteroatoms. The average Bonchev–Trinajstić information content (AvgIpc) is 3.01. The van der Waals surface area contributed by atoms with E-state index < -0.39 is 17.8 Å². The van der Waals surface area contributed by atoms with Gasteiger partial charge in [0.05, 0.1) is 11.7 Å². The largest absolute Gasteiger partial charge is 0.416 e. The maximum Gasteiger partial charge on any atom is 0.416 e. The van der Waals surface area contributed by atoms with E-state index >= 15 is 0 Å². The number of aliphatic hydroxyl groups excluding tert-OH is 1. The number of amides is 1. The highest BCUT2D eigenvalue weighted by molar-refractivity contribution is 5.89. The number of hydrogen-bond acceptors (Lipinski definition) is 2. The molecule has 0 unspecified atom stereocenters. The molecule has 3 nitrogen and oxygen atoms in total. The topological polar surface area (TPSA) is 40.5 Å². The van der Waals surface area contributed by atoms with Crippen molar-refractivity contribution in [1.82, 2.24) is 4.90 Å². The van der Waals surface area contributed by atoms with Crippen molar-refractivity contribution in [2.24, 2.45) is 34.5 Å². The van der Waals surface area contributed by atoms with Crippen molar-refractivity contribution in [2.75, 3.05) is 7.05 Å². The van der Waals surface area contributed by atoms with Crippen molar-refractivity contribution in [2.45, 2.75) is 70.7 Å². The van der Waals surface area contributed by atoms with Crippen LogP contribution in [0.15, 0.2) is 36.4 Å². The monoisotopic (exact) mass is 461 g/mol. The summed E-state index contributed by atoms with van der Waals surface area (Å²) >= 11 is 0. The van der Waals surface area contributed by atoms with Crippen molar-refractivity contribution < 1.29 is 23.1 Å². The van der Waals surface area contributed by atoms with Crippen molar-refractivity contribution in [1.29, 1.82) is 0 Å². The molecule has 3 aliphatic carbocycles. The van der Waals surface area contributed by atoms with E-state index in [1.165, 1.54) is 0 Å². The van der Waals surface area contributed by atoms with Gasteiger partial charge in [-0.2, -0.15) is 13.2 Å². The minimum Gasteiger partial charge on any atom is -0.392 e. The molecular formula is C27H34F3NO2. The normalized spacial score (nSPS) is 42.6. The van der Waals surface area contributed by atoms with E-state index in [4.69, 9.17) is 0 Å². The summed E-state index contributed by atoms with van der Waals surface area (Å²) in [6.07, 6.45) is 4.70. The van der Waals surface area contributed by atoms with E-state index in [9.17, 15) is 23.1 Å². The second-order valence-electron chi connectivity index (χ2n) is 11.5. The van der Waals surface area contributed by atoms with Gasteiger partial charge in [0.15, 0.2) is 0 Å². The van der Waals surface area contributed by atoms with E-state index in [-0.39, 0.29) is 28.7 Å². The summed E-state index contributed by atoms with van der Waals surface area (Å²) in [6.45, 7) is 4.54. The second kappa shape index (κ2) is 7.59. The highest BCUT2D eigenvalue weighted by Crippen LogP contribution is 2.65. The molecule has 1 heterocycles. The van der Waals surface area contributed by atoms with Gasteiger partial charge in [0, 0.05) is 18.5 Å². The molecule has 5 rings (SSSR count). The lowest BCUT2D eigenvalue weighted by Gasteiger charge is -2.60. The van der Waals surface area contributed by atoms with Gasteiger partial charge in [0.25, 0.3) is 0 Å². The van der Waals surface area contributed by atoms with Crippen LogP contribution in [0.25, 0.3) is 0 Å². The number of carbonyl (C=O) groups is 1. The van der Waals surface area contributed by atoms with E-state index in [2.05, 4.69) is 19.9 Å². The van der Waals surface area contributed by atoms with Gasteiger partial charge in [-0.25, -0.2) is 0 Å². The summed E-state index contributed by atoms with van der Waals surface area (Å²) in [5.41, 5.74) is 0.0391. The number of carbonyl (C=O) groups excluding carboxylic acids is 1. The Balaban J connectivity index is 1.37. The molecule has 1 amide bonds. The van der Waals surface area contributed by atoms with Gasteiger partial charge in [-0.3, -0.25) is 4.79 Å². The fourth-order valence-electron chi connectivity index (χ4n) is 8.22. The number of alkyl halides is 3. The van der Waals surface area contributed by atoms with Crippen LogP contribution >= 0.6 is 0 Å². The Morgan fingerprint density at radius 1 is 1.09 bits per heavy atom. The number of benzene rings is 1. The fraction of sp³-hybridized carbons (Fsp3) is 0.667. The molecule has 180 valence electrons. The van der Waals surface area contributed by atoms with E-state index in [0.717, 1.165) is 49.8 Å². The van der Waals surface area contributed by atoms with Crippen molar-refractivity contribution in [3.05, 3.63) is 47.5 Å². The predicted molar refractivity (Wildman–Crippen MR) is 120 cm³/mol. The van der Waals surface area contributed by atoms with Gasteiger partial charge >= 0.3 is 6.18 Å². The SMILES string of the molecule is CN1C(=O)C=C[C@]2(C)[C@H]3CC[C@]4(C)[C@@H](O)[C@H](Cc5ccc(C(F)(F)F)cc5)C[C@H]4[C@@H]3CC[C@@H]12. The Hall–Kier alpha value is -1.82. The van der Waals surface area contributed by atoms with Crippen molar-refractivity contribution in [3.8, 4) is 0 Å². The highest BCUT2D eigenvalue weighted by atomic mass is 19.4. The third kappa shape index (κ3) is 3.46. The number of hydrogen-bond donors (Lipinski definition) is 1. The molecule has 1 aliphatic heterocycles. The van der Waals surface area contributed by atoms with Gasteiger partial charge in [0.1, 0.15) is 0 Å². The Morgan fingerprint density at radius 3 is 2.45 bits per heavy atom. The lowest BCUT2D eigenvalue weighted by molar-refractivity contribution is -0.140. The van der Waals surface area contributed by atoms with Crippen molar-refractivity contribution >= 4 is 5.91 Å². The molecule has 1 N–H and O–H groups in total. The van der Waals surface area contributed by atoms with Gasteiger partial charge in [-0.05, 0) is 91.4 Å². The molecule has 0 bridgehead atoms. The zero-order chi connectivity index (χ0) is 23.8. The standard InChI is InChI=1S/C27H34F3NO2/c1-25-13-11-23(32)31(3)22(25)9-8-19-20(25)10-12-26(2)21(19)15-17(24(26)33)14-16-4-6-18(7-5-16)27(28,29)30/h4-7,11,13,17,19-22,24,33H,8-10,12,14-15H2,1-3H3/t17-,19-,20+,21+,22-,24+,25-,26+/m1/s1. The number of aliphatic hydroxyl groups is 1. The van der Waals surface area contributed by atoms with E-state index in [0.29, 0.717) is 24.2 Å². The Kier molecular flexibility index (Phi) is 5.28. The quantitative estimate of drug-likeness (QED) is 0.634. The molecule has 0 aromatic heterocycles. The van der Waals surface area contributed by atoms with Gasteiger partial charge in [-0.1, -0.05) is 32.1 Å². The third-order valence-corrected chi connectivity index (χ3v) is 10.0. The van der Waals surface area contributed by atoms with E-state index in [1.807, 2.05) is 11.9 Å². The summed E-state index contributed by atoms with van der Waals surface area (Å²) in [5.74, 6) is 1.54. The molecule has 3 fully saturated rings. The van der Waals surface area contributed by atoms with Crippen LogP contribution < -0.4 is 0 Å². The number of fused-ring (bicyclic) bond motifs is 5. The summed E-state index contributed by atoms with van der Waals surface area (Å²) in [4.78, 5) is 14.2. The Morgan fingerprint density at radius 2 is 1.79 bits per heavy atom. The maximum absolute atomic E-state index is 12.9. The van der Waals surface area contributed by atoms with Crippen LogP contribution in [-0.2, 0) is 17.4 Å². The smallest absolute Gasteiger partial charge is 0.392 e. The molecule has 0 spiro atoms. The second-order valence-corrected chi connectivity index (χ2v) is 11.5. The van der Waals surface area contributed by atoms with Gasteiger partial charge in [-0.15, -0.1) is 0 Å². The summed E-state index contributed by atoms with van der Waals surface area (Å²) < 4.78 is 38.8. The van der Waals surface area contributed by atoms with Gasteiger partial charge < -0.3 is 10.0 Å². The Bertz CT molecular complexity index is 957. The van der Waals surface area contributed by atoms with Crippen LogP contribution in [-0.4, -0.2) is 35.1 Å². The molecule has 8 atom stereocenters. The predicted octanol–water partition coefficient (Wildman–Crippen LogP) is 5.47. The van der Waals surface area contributed by atoms with Gasteiger partial charge in [0.2, 0.25) is 5.91 Å². The summed E-state index contributed by atoms with van der Waals surface area (Å²) in [7, 11) is 1.92. The first kappa shape index (κ1) is 22.9. The third-order valence-electron chi connectivity index (χ3n) is 10.0. The molecule has 33 heavy (non-hydrogen) atoms. The highest BCUT2D eigenvalue weighted by Gasteiger charge is 2.62. The molecular weight excluding hydrogens is 427 g/mol. The van der Waals surface area contributed by atoms with Crippen LogP contribution in [0.4, 0.5) is 13.2 Å². The van der Waals surface area contributed by atoms with Crippen molar-refractivity contribution in [3.63, 3.8) is 0 Å². The van der Waals surface area contributed by atoms with Crippen LogP contribution in [0.3, 0.4) is 0 Å². The lowest BCUT2D eigenvalue weighted by atomic mass is 9.48. The molecule has 1 aromatic carbocycles. The average molecular weight is 462 g/mol. The first-order valence-corrected chi connectivity index (χ1v) is 12.3. The number of likely N-dealkylation sites (N-methyl/N-ethyl adjacent to an activating group) is 1. The zero-order valence-electron chi connectivity index (χ0n) is 19.6.